The van der Waals surface area contributed by atoms with Gasteiger partial charge in [0.15, 0.2) is 29.2 Å². The van der Waals surface area contributed by atoms with E-state index in [1.54, 1.807) is 0 Å². The molecule has 2 aliphatic heterocycles. The molecule has 3 N–H and O–H groups in total. The summed E-state index contributed by atoms with van der Waals surface area (Å²) in [6.45, 7) is -13.1. The Morgan fingerprint density at radius 2 is 1.91 bits per heavy atom. The van der Waals surface area contributed by atoms with Crippen LogP contribution in [0.15, 0.2) is 23.6 Å². The van der Waals surface area contributed by atoms with Gasteiger partial charge in [-0.1, -0.05) is 24.5 Å². The van der Waals surface area contributed by atoms with Gasteiger partial charge in [-0.15, -0.1) is 0 Å². The van der Waals surface area contributed by atoms with Crippen molar-refractivity contribution >= 4 is 66.4 Å². The number of aromatic nitrogens is 8. The molecule has 6 rings (SSSR count). The Bertz CT molecular complexity index is 1860. The molecule has 0 saturated carbocycles. The van der Waals surface area contributed by atoms with Crippen LogP contribution in [0.5, 0.6) is 0 Å². The van der Waals surface area contributed by atoms with E-state index >= 15 is 13.2 Å². The van der Waals surface area contributed by atoms with E-state index in [4.69, 9.17) is 28.6 Å². The molecule has 24 heteroatoms. The van der Waals surface area contributed by atoms with Gasteiger partial charge < -0.3 is 15.0 Å². The number of alkyl halides is 3. The molecule has 2 unspecified atom stereocenters. The number of thiol groups is 2. The summed E-state index contributed by atoms with van der Waals surface area (Å²) in [5.74, 6) is -4.18. The first-order chi connectivity index (χ1) is 20.2. The van der Waals surface area contributed by atoms with Gasteiger partial charge in [0.25, 0.3) is 11.5 Å². The van der Waals surface area contributed by atoms with Crippen LogP contribution >= 0.6 is 38.1 Å². The highest BCUT2D eigenvalue weighted by Gasteiger charge is 2.51. The van der Waals surface area contributed by atoms with Gasteiger partial charge in [0.1, 0.15) is 43.1 Å². The number of rotatable bonds is 1. The van der Waals surface area contributed by atoms with Crippen LogP contribution in [0.4, 0.5) is 19.1 Å². The zero-order valence-electron chi connectivity index (χ0n) is 21.3. The fourth-order valence-electron chi connectivity index (χ4n) is 4.48. The van der Waals surface area contributed by atoms with Crippen LogP contribution in [0.3, 0.4) is 0 Å². The molecule has 1 saturated heterocycles. The molecule has 4 aromatic heterocycles. The number of aromatic amines is 1. The number of anilines is 1. The fourth-order valence-corrected chi connectivity index (χ4v) is 6.98. The summed E-state index contributed by atoms with van der Waals surface area (Å²) < 4.78 is 100. The lowest BCUT2D eigenvalue weighted by Crippen LogP contribution is -2.32. The molecule has 0 radical (unpaired) electrons. The highest BCUT2D eigenvalue weighted by Crippen LogP contribution is 2.58. The Labute approximate surface area is 248 Å². The Balaban J connectivity index is 1.39. The van der Waals surface area contributed by atoms with Gasteiger partial charge in [-0.2, -0.15) is 4.98 Å². The lowest BCUT2D eigenvalue weighted by Gasteiger charge is -2.24. The SMILES string of the molecule is Nc1nc2c(ncn2[C@@H]2O[C@@H]3COP(=O)(S)OCC(F)(F)Cn4c(nc5cncnc54)COP(=O)(S)O[C@@H]2[C@@H]3F)c(=O)[nH]1. The van der Waals surface area contributed by atoms with E-state index in [0.717, 1.165) is 21.8 Å². The molecule has 1 fully saturated rings. The van der Waals surface area contributed by atoms with Crippen LogP contribution in [-0.2, 0) is 45.1 Å². The highest BCUT2D eigenvalue weighted by molar-refractivity contribution is 8.44. The Morgan fingerprint density at radius 3 is 2.70 bits per heavy atom. The minimum absolute atomic E-state index is 0.0284. The van der Waals surface area contributed by atoms with E-state index in [-0.39, 0.29) is 34.1 Å². The van der Waals surface area contributed by atoms with Gasteiger partial charge in [0, 0.05) is 0 Å². The molecule has 0 spiro atoms. The number of nitrogens with two attached hydrogens (primary N) is 1. The third kappa shape index (κ3) is 6.20. The molecule has 4 aromatic rings. The van der Waals surface area contributed by atoms with Crippen molar-refractivity contribution in [1.29, 1.82) is 0 Å². The van der Waals surface area contributed by atoms with Crippen molar-refractivity contribution < 1.29 is 45.1 Å². The summed E-state index contributed by atoms with van der Waals surface area (Å²) >= 11 is 7.68. The van der Waals surface area contributed by atoms with Crippen LogP contribution < -0.4 is 11.3 Å². The summed E-state index contributed by atoms with van der Waals surface area (Å²) in [6, 6.07) is 0. The standard InChI is InChI=1S/C19H20F3N9O8P2S2/c20-11-9-2-35-40(33,42)37-5-19(21,22)4-30-10(27-8-1-24-6-25-14(8)30)3-36-41(34,43)39-13(11)17(38-9)31-7-26-12-15(31)28-18(23)29-16(12)32/h1,6-7,9,11,13,17H,2-5H2,(H,33,42)(H,34,43)(H3,23,28,29,32)/t9-,11-,13-,17-,40?,41?/m1/s1. The smallest absolute Gasteiger partial charge is 0.369 e. The van der Waals surface area contributed by atoms with Gasteiger partial charge in [0.2, 0.25) is 5.95 Å². The third-order valence-corrected chi connectivity index (χ3v) is 9.54. The van der Waals surface area contributed by atoms with Crippen molar-refractivity contribution in [3.63, 3.8) is 0 Å². The zero-order chi connectivity index (χ0) is 30.7. The van der Waals surface area contributed by atoms with Gasteiger partial charge >= 0.3 is 13.6 Å². The van der Waals surface area contributed by atoms with E-state index < -0.39 is 76.0 Å². The maximum absolute atomic E-state index is 15.9. The van der Waals surface area contributed by atoms with Crippen molar-refractivity contribution in [3.05, 3.63) is 35.0 Å². The van der Waals surface area contributed by atoms with Crippen LogP contribution in [-0.4, -0.2) is 76.6 Å². The van der Waals surface area contributed by atoms with Crippen molar-refractivity contribution in [1.82, 2.24) is 39.0 Å². The lowest BCUT2D eigenvalue weighted by atomic mass is 10.1. The Kier molecular flexibility index (Phi) is 7.87. The van der Waals surface area contributed by atoms with Crippen LogP contribution in [0, 0.1) is 0 Å². The Morgan fingerprint density at radius 1 is 1.12 bits per heavy atom. The number of ether oxygens (including phenoxy) is 1. The maximum Gasteiger partial charge on any atom is 0.387 e. The number of hydrogen-bond acceptors (Lipinski definition) is 14. The number of nitrogens with one attached hydrogen (secondary N) is 1. The number of fused-ring (bicyclic) bond motifs is 6. The molecular weight excluding hydrogens is 665 g/mol. The summed E-state index contributed by atoms with van der Waals surface area (Å²) in [4.78, 5) is 34.4. The largest absolute Gasteiger partial charge is 0.387 e. The summed E-state index contributed by atoms with van der Waals surface area (Å²) in [7, 11) is 0. The summed E-state index contributed by atoms with van der Waals surface area (Å²) in [5.41, 5.74) is 4.68. The monoisotopic (exact) mass is 685 g/mol. The van der Waals surface area contributed by atoms with E-state index in [9.17, 15) is 13.9 Å². The first-order valence-corrected chi connectivity index (χ1v) is 17.4. The van der Waals surface area contributed by atoms with E-state index in [1.165, 1.54) is 6.20 Å². The number of nitrogen functional groups attached to an aromatic ring is 1. The molecular formula is C19H20F3N9O8P2S2. The van der Waals surface area contributed by atoms with E-state index in [2.05, 4.69) is 54.4 Å². The second kappa shape index (κ2) is 11.1. The summed E-state index contributed by atoms with van der Waals surface area (Å²) in [5, 5.41) is 0. The molecule has 6 heterocycles. The zero-order valence-corrected chi connectivity index (χ0v) is 24.8. The van der Waals surface area contributed by atoms with Gasteiger partial charge in [-0.25, -0.2) is 42.2 Å². The number of nitrogens with zero attached hydrogens (tertiary/aromatic N) is 7. The summed E-state index contributed by atoms with van der Waals surface area (Å²) in [6.07, 6.45) is -3.68. The molecule has 0 aliphatic carbocycles. The normalized spacial score (nSPS) is 32.2. The average Bonchev–Trinajstić information content (AvgIpc) is 3.59. The van der Waals surface area contributed by atoms with Crippen molar-refractivity contribution in [3.8, 4) is 0 Å². The van der Waals surface area contributed by atoms with E-state index in [1.807, 2.05) is 0 Å². The lowest BCUT2D eigenvalue weighted by molar-refractivity contribution is -0.0616. The molecule has 43 heavy (non-hydrogen) atoms. The Hall–Kier alpha value is -2.55. The van der Waals surface area contributed by atoms with Crippen LogP contribution in [0.25, 0.3) is 22.3 Å². The first-order valence-electron chi connectivity index (χ1n) is 12.0. The molecule has 2 aliphatic rings. The predicted octanol–water partition coefficient (Wildman–Crippen LogP) is 2.44. The second-order valence-corrected chi connectivity index (χ2v) is 15.1. The molecule has 0 aromatic carbocycles. The van der Waals surface area contributed by atoms with Crippen molar-refractivity contribution in [2.75, 3.05) is 18.9 Å². The first kappa shape index (κ1) is 30.5. The van der Waals surface area contributed by atoms with Gasteiger partial charge in [-0.3, -0.25) is 32.4 Å². The number of halogens is 3. The maximum atomic E-state index is 15.9. The molecule has 0 amide bonds. The quantitative estimate of drug-likeness (QED) is 0.167. The number of H-pyrrole nitrogens is 1. The second-order valence-electron chi connectivity index (χ2n) is 9.34. The fraction of sp³-hybridized carbons (Fsp3) is 0.474. The molecule has 2 bridgehead atoms. The van der Waals surface area contributed by atoms with Crippen LogP contribution in [0.1, 0.15) is 12.1 Å². The molecule has 232 valence electrons. The number of hydrogen-bond donors (Lipinski definition) is 4. The minimum atomic E-state index is -4.53. The average molecular weight is 686 g/mol. The minimum Gasteiger partial charge on any atom is -0.369 e. The van der Waals surface area contributed by atoms with Gasteiger partial charge in [0.05, 0.1) is 25.7 Å². The van der Waals surface area contributed by atoms with E-state index in [0.29, 0.717) is 0 Å². The van der Waals surface area contributed by atoms with Crippen molar-refractivity contribution in [2.45, 2.75) is 43.7 Å². The van der Waals surface area contributed by atoms with Gasteiger partial charge in [-0.05, 0) is 0 Å². The predicted molar refractivity (Wildman–Crippen MR) is 146 cm³/mol. The topological polar surface area (TPSA) is 213 Å². The third-order valence-electron chi connectivity index (χ3n) is 6.32. The molecule has 6 atom stereocenters. The highest BCUT2D eigenvalue weighted by atomic mass is 32.7. The van der Waals surface area contributed by atoms with Crippen molar-refractivity contribution in [2.24, 2.45) is 0 Å². The van der Waals surface area contributed by atoms with Crippen LogP contribution in [0.2, 0.25) is 0 Å². The number of imidazole rings is 2. The molecule has 17 nitrogen and oxygen atoms in total.